The van der Waals surface area contributed by atoms with Gasteiger partial charge in [0.05, 0.1) is 0 Å². The van der Waals surface area contributed by atoms with Crippen molar-refractivity contribution in [2.24, 2.45) is 7.05 Å². The minimum Gasteiger partial charge on any atom is -0.344 e. The molecule has 6 aromatic rings. The first-order valence-corrected chi connectivity index (χ1v) is 13.7. The summed E-state index contributed by atoms with van der Waals surface area (Å²) in [5, 5.41) is 9.13. The van der Waals surface area contributed by atoms with Gasteiger partial charge in [0.2, 0.25) is 0 Å². The van der Waals surface area contributed by atoms with Crippen molar-refractivity contribution in [3.8, 4) is 11.1 Å². The Kier molecular flexibility index (Phi) is 3.69. The molecule has 32 heavy (non-hydrogen) atoms. The van der Waals surface area contributed by atoms with E-state index in [4.69, 9.17) is 11.8 Å². The minimum atomic E-state index is -2.11. The van der Waals surface area contributed by atoms with Crippen LogP contribution < -0.4 is 15.9 Å². The summed E-state index contributed by atoms with van der Waals surface area (Å²) in [5.41, 5.74) is 5.13. The van der Waals surface area contributed by atoms with Crippen LogP contribution in [0.3, 0.4) is 0 Å². The largest absolute Gasteiger partial charge is 0.344 e. The van der Waals surface area contributed by atoms with E-state index in [2.05, 4.69) is 115 Å². The molecule has 1 aromatic heterocycles. The maximum absolute atomic E-state index is 6.64. The average Bonchev–Trinajstić information content (AvgIpc) is 3.28. The van der Waals surface area contributed by atoms with Crippen LogP contribution in [0.4, 0.5) is 0 Å². The lowest BCUT2D eigenvalue weighted by atomic mass is 10.0. The van der Waals surface area contributed by atoms with Crippen molar-refractivity contribution in [3.63, 3.8) is 0 Å². The third-order valence-electron chi connectivity index (χ3n) is 7.01. The molecule has 2 heterocycles. The van der Waals surface area contributed by atoms with Crippen molar-refractivity contribution in [3.05, 3.63) is 103 Å². The van der Waals surface area contributed by atoms with Gasteiger partial charge >= 0.3 is 0 Å². The van der Waals surface area contributed by atoms with Crippen LogP contribution in [0.5, 0.6) is 0 Å². The van der Waals surface area contributed by atoms with Crippen molar-refractivity contribution in [1.82, 2.24) is 4.57 Å². The highest BCUT2D eigenvalue weighted by atomic mass is 32.4. The summed E-state index contributed by atoms with van der Waals surface area (Å²) >= 11 is 6.64. The van der Waals surface area contributed by atoms with Gasteiger partial charge in [0.15, 0.2) is 0 Å². The molecule has 0 spiro atoms. The number of benzene rings is 5. The van der Waals surface area contributed by atoms with Gasteiger partial charge in [-0.2, -0.15) is 0 Å². The topological polar surface area (TPSA) is 4.93 Å². The first kappa shape index (κ1) is 18.4. The predicted molar refractivity (Wildman–Crippen MR) is 143 cm³/mol. The molecule has 0 saturated heterocycles. The number of hydrogen-bond acceptors (Lipinski definition) is 1. The van der Waals surface area contributed by atoms with E-state index in [9.17, 15) is 0 Å². The molecule has 3 heteroatoms. The highest BCUT2D eigenvalue weighted by Gasteiger charge is 2.36. The van der Waals surface area contributed by atoms with Crippen LogP contribution in [0.2, 0.25) is 0 Å². The molecule has 1 nitrogen and oxygen atoms in total. The highest BCUT2D eigenvalue weighted by Crippen LogP contribution is 2.53. The summed E-state index contributed by atoms with van der Waals surface area (Å²) in [5.74, 6) is 0. The molecule has 152 valence electrons. The Morgan fingerprint density at radius 3 is 2.25 bits per heavy atom. The van der Waals surface area contributed by atoms with Crippen LogP contribution in [0.1, 0.15) is 0 Å². The second kappa shape index (κ2) is 6.42. The molecule has 0 aliphatic carbocycles. The van der Waals surface area contributed by atoms with Crippen molar-refractivity contribution >= 4 is 66.3 Å². The molecular weight excluding hydrogens is 425 g/mol. The minimum absolute atomic E-state index is 1.27. The molecule has 5 aromatic carbocycles. The Morgan fingerprint density at radius 1 is 0.625 bits per heavy atom. The summed E-state index contributed by atoms with van der Waals surface area (Å²) in [6.07, 6.45) is 0. The number of nitrogens with zero attached hydrogens (tertiary/aromatic N) is 1. The van der Waals surface area contributed by atoms with Crippen molar-refractivity contribution in [1.29, 1.82) is 0 Å². The molecule has 0 fully saturated rings. The summed E-state index contributed by atoms with van der Waals surface area (Å²) < 4.78 is 2.34. The van der Waals surface area contributed by atoms with Gasteiger partial charge in [-0.15, -0.1) is 0 Å². The SMILES string of the molecule is Cn1c2cc3c(cc2c2c4ccccc4ccc21)P(=S)(c1ccccc1)c1ccccc1-3. The van der Waals surface area contributed by atoms with Crippen LogP contribution in [0, 0.1) is 0 Å². The summed E-state index contributed by atoms with van der Waals surface area (Å²) in [6, 6.07) is 35.4. The molecule has 0 saturated carbocycles. The Hall–Kier alpha value is -3.19. The lowest BCUT2D eigenvalue weighted by molar-refractivity contribution is 1.02. The second-order valence-electron chi connectivity index (χ2n) is 8.59. The first-order chi connectivity index (χ1) is 15.7. The molecular formula is C29H20NPS. The Bertz CT molecular complexity index is 1760. The van der Waals surface area contributed by atoms with Crippen LogP contribution in [-0.4, -0.2) is 4.57 Å². The van der Waals surface area contributed by atoms with Crippen LogP contribution in [0.15, 0.2) is 103 Å². The standard InChI is InChI=1S/C29H20NPS/c1-30-25-16-15-19-9-5-6-12-21(19)29(25)24-18-28-23(17-26(24)30)22-13-7-8-14-27(22)31(28,32)20-10-3-2-4-11-20/h2-18H,1H3. The molecule has 0 amide bonds. The van der Waals surface area contributed by atoms with E-state index in [1.165, 1.54) is 59.6 Å². The second-order valence-corrected chi connectivity index (χ2v) is 12.9. The number of aromatic nitrogens is 1. The van der Waals surface area contributed by atoms with E-state index in [-0.39, 0.29) is 0 Å². The number of hydrogen-bond donors (Lipinski definition) is 0. The van der Waals surface area contributed by atoms with E-state index < -0.39 is 6.04 Å². The fraction of sp³-hybridized carbons (Fsp3) is 0.0345. The van der Waals surface area contributed by atoms with Crippen LogP contribution >= 0.6 is 6.04 Å². The van der Waals surface area contributed by atoms with Gasteiger partial charge in [0, 0.05) is 45.5 Å². The zero-order valence-electron chi connectivity index (χ0n) is 17.6. The van der Waals surface area contributed by atoms with Crippen LogP contribution in [-0.2, 0) is 18.9 Å². The van der Waals surface area contributed by atoms with Gasteiger partial charge in [0.1, 0.15) is 0 Å². The first-order valence-electron chi connectivity index (χ1n) is 10.9. The molecule has 0 N–H and O–H groups in total. The van der Waals surface area contributed by atoms with E-state index in [1.54, 1.807) is 0 Å². The van der Waals surface area contributed by atoms with Gasteiger partial charge in [-0.3, -0.25) is 0 Å². The average molecular weight is 446 g/mol. The molecule has 1 aliphatic rings. The Labute approximate surface area is 191 Å². The lowest BCUT2D eigenvalue weighted by Crippen LogP contribution is -2.20. The molecule has 1 atom stereocenters. The van der Waals surface area contributed by atoms with Crippen molar-refractivity contribution in [2.45, 2.75) is 0 Å². The number of aryl methyl sites for hydroxylation is 1. The fourth-order valence-corrected chi connectivity index (χ4v) is 9.87. The van der Waals surface area contributed by atoms with E-state index in [0.717, 1.165) is 0 Å². The molecule has 1 aliphatic heterocycles. The number of rotatable bonds is 1. The molecule has 1 unspecified atom stereocenters. The normalized spacial score (nSPS) is 17.2. The van der Waals surface area contributed by atoms with Gasteiger partial charge < -0.3 is 4.57 Å². The van der Waals surface area contributed by atoms with E-state index in [1.807, 2.05) is 0 Å². The van der Waals surface area contributed by atoms with Gasteiger partial charge in [0.25, 0.3) is 0 Å². The van der Waals surface area contributed by atoms with E-state index >= 15 is 0 Å². The van der Waals surface area contributed by atoms with Crippen molar-refractivity contribution in [2.75, 3.05) is 0 Å². The smallest absolute Gasteiger partial charge is 0.0495 e. The third kappa shape index (κ3) is 2.21. The summed E-state index contributed by atoms with van der Waals surface area (Å²) in [4.78, 5) is 0. The molecule has 0 radical (unpaired) electrons. The Morgan fingerprint density at radius 2 is 1.38 bits per heavy atom. The zero-order chi connectivity index (χ0) is 21.4. The zero-order valence-corrected chi connectivity index (χ0v) is 19.3. The van der Waals surface area contributed by atoms with Crippen LogP contribution in [0.25, 0.3) is 43.7 Å². The summed E-state index contributed by atoms with van der Waals surface area (Å²) in [6.45, 7) is 0. The van der Waals surface area contributed by atoms with Gasteiger partial charge in [-0.05, 0) is 45.4 Å². The molecule has 7 rings (SSSR count). The lowest BCUT2D eigenvalue weighted by Gasteiger charge is -2.20. The quantitative estimate of drug-likeness (QED) is 0.272. The van der Waals surface area contributed by atoms with Gasteiger partial charge in [-0.1, -0.05) is 96.7 Å². The predicted octanol–water partition coefficient (Wildman–Crippen LogP) is 6.22. The maximum Gasteiger partial charge on any atom is 0.0495 e. The third-order valence-corrected chi connectivity index (χ3v) is 12.0. The van der Waals surface area contributed by atoms with Gasteiger partial charge in [-0.25, -0.2) is 0 Å². The Balaban J connectivity index is 1.68. The number of fused-ring (bicyclic) bond motifs is 8. The monoisotopic (exact) mass is 445 g/mol. The highest BCUT2D eigenvalue weighted by molar-refractivity contribution is 8.26. The summed E-state index contributed by atoms with van der Waals surface area (Å²) in [7, 11) is 2.18. The molecule has 0 bridgehead atoms. The maximum atomic E-state index is 6.64. The van der Waals surface area contributed by atoms with Crippen molar-refractivity contribution < 1.29 is 0 Å². The fourth-order valence-electron chi connectivity index (χ4n) is 5.51. The van der Waals surface area contributed by atoms with E-state index in [0.29, 0.717) is 0 Å².